The number of aliphatic carboxylic acids is 1. The zero-order chi connectivity index (χ0) is 15.1. The monoisotopic (exact) mass is 284 g/mol. The zero-order valence-electron chi connectivity index (χ0n) is 12.9. The molecule has 1 fully saturated rings. The Bertz CT molecular complexity index is 331. The van der Waals surface area contributed by atoms with Crippen molar-refractivity contribution in [2.45, 2.75) is 65.0 Å². The van der Waals surface area contributed by atoms with Crippen molar-refractivity contribution in [1.82, 2.24) is 10.2 Å². The highest BCUT2D eigenvalue weighted by molar-refractivity contribution is 5.78. The van der Waals surface area contributed by atoms with Crippen LogP contribution in [0, 0.1) is 5.92 Å². The molecule has 116 valence electrons. The third kappa shape index (κ3) is 5.90. The molecule has 0 bridgehead atoms. The van der Waals surface area contributed by atoms with Crippen LogP contribution in [0.15, 0.2) is 0 Å². The van der Waals surface area contributed by atoms with Crippen LogP contribution in [-0.4, -0.2) is 47.1 Å². The number of nitrogens with one attached hydrogen (secondary N) is 1. The number of nitrogens with zero attached hydrogens (tertiary/aromatic N) is 1. The average molecular weight is 284 g/mol. The Labute approximate surface area is 121 Å². The van der Waals surface area contributed by atoms with Crippen molar-refractivity contribution in [3.8, 4) is 0 Å². The van der Waals surface area contributed by atoms with E-state index in [0.29, 0.717) is 12.5 Å². The maximum Gasteiger partial charge on any atom is 0.304 e. The first-order valence-electron chi connectivity index (χ1n) is 7.65. The van der Waals surface area contributed by atoms with Gasteiger partial charge in [0.25, 0.3) is 0 Å². The van der Waals surface area contributed by atoms with Crippen LogP contribution in [0.2, 0.25) is 0 Å². The van der Waals surface area contributed by atoms with Crippen LogP contribution in [0.25, 0.3) is 0 Å². The topological polar surface area (TPSA) is 69.6 Å². The van der Waals surface area contributed by atoms with Gasteiger partial charge in [0.05, 0.1) is 13.0 Å². The van der Waals surface area contributed by atoms with E-state index in [1.165, 1.54) is 19.3 Å². The molecular formula is C15H28N2O3. The van der Waals surface area contributed by atoms with Crippen LogP contribution in [-0.2, 0) is 9.59 Å². The van der Waals surface area contributed by atoms with Crippen LogP contribution < -0.4 is 5.32 Å². The number of rotatable bonds is 7. The van der Waals surface area contributed by atoms with Gasteiger partial charge < -0.3 is 10.4 Å². The molecule has 0 spiro atoms. The van der Waals surface area contributed by atoms with Gasteiger partial charge in [0.15, 0.2) is 0 Å². The third-order valence-corrected chi connectivity index (χ3v) is 4.15. The maximum absolute atomic E-state index is 12.1. The molecule has 1 rings (SSSR count). The van der Waals surface area contributed by atoms with Gasteiger partial charge in [-0.2, -0.15) is 0 Å². The first-order valence-corrected chi connectivity index (χ1v) is 7.65. The number of carboxylic acid groups (broad SMARTS) is 1. The molecule has 2 unspecified atom stereocenters. The van der Waals surface area contributed by atoms with E-state index in [-0.39, 0.29) is 31.0 Å². The van der Waals surface area contributed by atoms with Crippen LogP contribution in [0.5, 0.6) is 0 Å². The molecule has 0 aromatic rings. The summed E-state index contributed by atoms with van der Waals surface area (Å²) in [6.45, 7) is 6.86. The second-order valence-corrected chi connectivity index (χ2v) is 6.14. The molecule has 0 aromatic carbocycles. The number of hydrogen-bond donors (Lipinski definition) is 2. The zero-order valence-corrected chi connectivity index (χ0v) is 12.9. The first kappa shape index (κ1) is 17.0. The van der Waals surface area contributed by atoms with Crippen molar-refractivity contribution >= 4 is 11.9 Å². The molecule has 2 N–H and O–H groups in total. The quantitative estimate of drug-likeness (QED) is 0.749. The summed E-state index contributed by atoms with van der Waals surface area (Å²) in [4.78, 5) is 24.7. The van der Waals surface area contributed by atoms with Gasteiger partial charge in [-0.3, -0.25) is 14.5 Å². The summed E-state index contributed by atoms with van der Waals surface area (Å²) in [6.07, 6.45) is 4.75. The van der Waals surface area contributed by atoms with Gasteiger partial charge in [0.1, 0.15) is 0 Å². The summed E-state index contributed by atoms with van der Waals surface area (Å²) in [5, 5.41) is 11.9. The highest BCUT2D eigenvalue weighted by Gasteiger charge is 2.24. The van der Waals surface area contributed by atoms with E-state index in [9.17, 15) is 9.59 Å². The van der Waals surface area contributed by atoms with E-state index in [4.69, 9.17) is 5.11 Å². The minimum absolute atomic E-state index is 0.0165. The number of carboxylic acids is 1. The lowest BCUT2D eigenvalue weighted by molar-refractivity contribution is -0.138. The van der Waals surface area contributed by atoms with Gasteiger partial charge in [-0.1, -0.05) is 19.8 Å². The molecule has 1 aliphatic carbocycles. The summed E-state index contributed by atoms with van der Waals surface area (Å²) < 4.78 is 0. The van der Waals surface area contributed by atoms with E-state index in [1.54, 1.807) is 0 Å². The molecule has 0 heterocycles. The lowest BCUT2D eigenvalue weighted by Crippen LogP contribution is -2.47. The summed E-state index contributed by atoms with van der Waals surface area (Å²) in [5.41, 5.74) is 0. The molecule has 5 nitrogen and oxygen atoms in total. The standard InChI is InChI=1S/C15H28N2O3/c1-11(2)17(9-8-15(19)20)10-14(18)16-13-7-5-4-6-12(13)3/h11-13H,4-10H2,1-3H3,(H,16,18)(H,19,20). The summed E-state index contributed by atoms with van der Waals surface area (Å²) in [6, 6.07) is 0.452. The second-order valence-electron chi connectivity index (χ2n) is 6.14. The lowest BCUT2D eigenvalue weighted by atomic mass is 9.86. The van der Waals surface area contributed by atoms with Gasteiger partial charge in [-0.25, -0.2) is 0 Å². The van der Waals surface area contributed by atoms with E-state index >= 15 is 0 Å². The average Bonchev–Trinajstić information content (AvgIpc) is 2.36. The largest absolute Gasteiger partial charge is 0.481 e. The molecule has 1 amide bonds. The normalized spacial score (nSPS) is 23.1. The Kier molecular flexibility index (Phi) is 6.99. The predicted molar refractivity (Wildman–Crippen MR) is 78.5 cm³/mol. The highest BCUT2D eigenvalue weighted by atomic mass is 16.4. The van der Waals surface area contributed by atoms with Crippen molar-refractivity contribution in [3.05, 3.63) is 0 Å². The third-order valence-electron chi connectivity index (χ3n) is 4.15. The molecule has 0 radical (unpaired) electrons. The van der Waals surface area contributed by atoms with Gasteiger partial charge >= 0.3 is 5.97 Å². The SMILES string of the molecule is CC1CCCCC1NC(=O)CN(CCC(=O)O)C(C)C. The van der Waals surface area contributed by atoms with E-state index in [2.05, 4.69) is 12.2 Å². The Hall–Kier alpha value is -1.10. The van der Waals surface area contributed by atoms with Gasteiger partial charge in [-0.05, 0) is 32.6 Å². The molecule has 1 saturated carbocycles. The molecule has 0 aliphatic heterocycles. The first-order chi connectivity index (χ1) is 9.40. The lowest BCUT2D eigenvalue weighted by Gasteiger charge is -2.31. The summed E-state index contributed by atoms with van der Waals surface area (Å²) in [7, 11) is 0. The minimum atomic E-state index is -0.822. The summed E-state index contributed by atoms with van der Waals surface area (Å²) in [5.74, 6) is -0.265. The van der Waals surface area contributed by atoms with Crippen molar-refractivity contribution in [1.29, 1.82) is 0 Å². The number of amides is 1. The Morgan fingerprint density at radius 2 is 1.95 bits per heavy atom. The Balaban J connectivity index is 2.42. The number of carbonyl (C=O) groups is 2. The van der Waals surface area contributed by atoms with E-state index < -0.39 is 5.97 Å². The number of hydrogen-bond acceptors (Lipinski definition) is 3. The minimum Gasteiger partial charge on any atom is -0.481 e. The number of carbonyl (C=O) groups excluding carboxylic acids is 1. The van der Waals surface area contributed by atoms with Gasteiger partial charge in [-0.15, -0.1) is 0 Å². The second kappa shape index (κ2) is 8.25. The fourth-order valence-corrected chi connectivity index (χ4v) is 2.73. The van der Waals surface area contributed by atoms with Crippen LogP contribution in [0.3, 0.4) is 0 Å². The Morgan fingerprint density at radius 1 is 1.30 bits per heavy atom. The molecule has 20 heavy (non-hydrogen) atoms. The molecule has 0 saturated heterocycles. The van der Waals surface area contributed by atoms with E-state index in [1.807, 2.05) is 18.7 Å². The van der Waals surface area contributed by atoms with Crippen molar-refractivity contribution < 1.29 is 14.7 Å². The molecule has 5 heteroatoms. The van der Waals surface area contributed by atoms with Crippen LogP contribution >= 0.6 is 0 Å². The summed E-state index contributed by atoms with van der Waals surface area (Å²) >= 11 is 0. The molecular weight excluding hydrogens is 256 g/mol. The van der Waals surface area contributed by atoms with Crippen LogP contribution in [0.1, 0.15) is 52.9 Å². The van der Waals surface area contributed by atoms with Crippen LogP contribution in [0.4, 0.5) is 0 Å². The van der Waals surface area contributed by atoms with Gasteiger partial charge in [0.2, 0.25) is 5.91 Å². The van der Waals surface area contributed by atoms with Crippen molar-refractivity contribution in [3.63, 3.8) is 0 Å². The fourth-order valence-electron chi connectivity index (χ4n) is 2.73. The highest BCUT2D eigenvalue weighted by Crippen LogP contribution is 2.23. The van der Waals surface area contributed by atoms with E-state index in [0.717, 1.165) is 6.42 Å². The molecule has 0 aromatic heterocycles. The fraction of sp³-hybridized carbons (Fsp3) is 0.867. The van der Waals surface area contributed by atoms with Crippen molar-refractivity contribution in [2.24, 2.45) is 5.92 Å². The smallest absolute Gasteiger partial charge is 0.304 e. The van der Waals surface area contributed by atoms with Gasteiger partial charge in [0, 0.05) is 18.6 Å². The Morgan fingerprint density at radius 3 is 2.50 bits per heavy atom. The molecule has 1 aliphatic rings. The molecule has 2 atom stereocenters. The predicted octanol–water partition coefficient (Wildman–Crippen LogP) is 1.87. The maximum atomic E-state index is 12.1. The van der Waals surface area contributed by atoms with Crippen molar-refractivity contribution in [2.75, 3.05) is 13.1 Å².